The second-order valence-electron chi connectivity index (χ2n) is 10.8. The van der Waals surface area contributed by atoms with Gasteiger partial charge in [0.05, 0.1) is 12.3 Å². The molecule has 2 fully saturated rings. The number of anilines is 1. The average molecular weight is 595 g/mol. The van der Waals surface area contributed by atoms with Crippen LogP contribution in [0.25, 0.3) is 0 Å². The maximum atomic E-state index is 15.1. The average Bonchev–Trinajstić information content (AvgIpc) is 2.93. The summed E-state index contributed by atoms with van der Waals surface area (Å²) in [7, 11) is -3.44. The van der Waals surface area contributed by atoms with Gasteiger partial charge in [-0.05, 0) is 67.9 Å². The summed E-state index contributed by atoms with van der Waals surface area (Å²) >= 11 is 6.11. The lowest BCUT2D eigenvalue weighted by molar-refractivity contribution is -0.118. The Morgan fingerprint density at radius 2 is 1.85 bits per heavy atom. The van der Waals surface area contributed by atoms with Crippen molar-refractivity contribution in [3.8, 4) is 0 Å². The highest BCUT2D eigenvalue weighted by molar-refractivity contribution is 7.88. The second-order valence-corrected chi connectivity index (χ2v) is 13.1. The molecule has 0 saturated carbocycles. The predicted molar refractivity (Wildman–Crippen MR) is 156 cm³/mol. The minimum Gasteiger partial charge on any atom is -0.381 e. The summed E-state index contributed by atoms with van der Waals surface area (Å²) in [6.07, 6.45) is 4.13. The Morgan fingerprint density at radius 3 is 2.50 bits per heavy atom. The fourth-order valence-corrected chi connectivity index (χ4v) is 7.76. The summed E-state index contributed by atoms with van der Waals surface area (Å²) in [5.41, 5.74) is 8.24. The fourth-order valence-electron chi connectivity index (χ4n) is 6.14. The molecule has 2 aromatic rings. The van der Waals surface area contributed by atoms with Gasteiger partial charge in [0.2, 0.25) is 15.9 Å². The molecule has 40 heavy (non-hydrogen) atoms. The Kier molecular flexibility index (Phi) is 10.6. The summed E-state index contributed by atoms with van der Waals surface area (Å²) in [6.45, 7) is 4.24. The lowest BCUT2D eigenvalue weighted by Gasteiger charge is -2.40. The highest BCUT2D eigenvalue weighted by Crippen LogP contribution is 2.35. The number of nitrogens with zero attached hydrogens (tertiary/aromatic N) is 1. The molecule has 0 aromatic heterocycles. The highest BCUT2D eigenvalue weighted by atomic mass is 35.5. The number of ether oxygens (including phenoxy) is 1. The maximum absolute atomic E-state index is 15.1. The van der Waals surface area contributed by atoms with E-state index >= 15 is 4.39 Å². The van der Waals surface area contributed by atoms with E-state index in [2.05, 4.69) is 10.6 Å². The van der Waals surface area contributed by atoms with Crippen LogP contribution >= 0.6 is 11.6 Å². The van der Waals surface area contributed by atoms with Crippen LogP contribution in [0.5, 0.6) is 0 Å². The molecule has 220 valence electrons. The number of halogens is 2. The van der Waals surface area contributed by atoms with Crippen molar-refractivity contribution in [3.63, 3.8) is 0 Å². The Morgan fingerprint density at radius 1 is 1.18 bits per heavy atom. The number of hydrogen-bond acceptors (Lipinski definition) is 6. The molecule has 0 spiro atoms. The van der Waals surface area contributed by atoms with Crippen molar-refractivity contribution in [1.29, 1.82) is 0 Å². The number of sulfonamides is 1. The van der Waals surface area contributed by atoms with Gasteiger partial charge in [0, 0.05) is 60.6 Å². The molecule has 2 aliphatic heterocycles. The smallest absolute Gasteiger partial charge is 0.241 e. The van der Waals surface area contributed by atoms with E-state index < -0.39 is 27.8 Å². The van der Waals surface area contributed by atoms with Gasteiger partial charge in [-0.1, -0.05) is 36.7 Å². The first-order valence-electron chi connectivity index (χ1n) is 14.0. The molecule has 1 unspecified atom stereocenters. The summed E-state index contributed by atoms with van der Waals surface area (Å²) in [6, 6.07) is 10.6. The second kappa shape index (κ2) is 13.7. The summed E-state index contributed by atoms with van der Waals surface area (Å²) in [4.78, 5) is 13.6. The number of nitrogens with one attached hydrogen (secondary N) is 2. The lowest BCUT2D eigenvalue weighted by Crippen LogP contribution is -2.58. The topological polar surface area (TPSA) is 114 Å². The van der Waals surface area contributed by atoms with Crippen LogP contribution in [0.15, 0.2) is 42.5 Å². The van der Waals surface area contributed by atoms with Crippen molar-refractivity contribution in [2.45, 2.75) is 63.1 Å². The van der Waals surface area contributed by atoms with Crippen LogP contribution in [0.3, 0.4) is 0 Å². The first-order valence-corrected chi connectivity index (χ1v) is 16.2. The third-order valence-corrected chi connectivity index (χ3v) is 9.77. The number of carbonyl (C=O) groups excluding carboxylic acids is 1. The quantitative estimate of drug-likeness (QED) is 0.384. The van der Waals surface area contributed by atoms with E-state index in [1.807, 2.05) is 19.1 Å². The van der Waals surface area contributed by atoms with E-state index in [1.165, 1.54) is 12.3 Å². The Balaban J connectivity index is 1.53. The van der Waals surface area contributed by atoms with Crippen LogP contribution in [-0.4, -0.2) is 69.3 Å². The zero-order valence-corrected chi connectivity index (χ0v) is 24.7. The summed E-state index contributed by atoms with van der Waals surface area (Å²) in [5.74, 6) is -0.969. The van der Waals surface area contributed by atoms with Gasteiger partial charge in [0.25, 0.3) is 0 Å². The SMILES string of the molecule is CC[C@H]1CNC[C@H](CCc2c(F)cccc2NC(=O)[C@@H](N)C(c2ccc(Cl)cc2)C2CCOCC2)N1S(C)(=O)=O. The molecule has 11 heteroatoms. The van der Waals surface area contributed by atoms with E-state index in [-0.39, 0.29) is 30.3 Å². The van der Waals surface area contributed by atoms with Gasteiger partial charge in [-0.3, -0.25) is 4.79 Å². The van der Waals surface area contributed by atoms with Gasteiger partial charge in [0.15, 0.2) is 0 Å². The van der Waals surface area contributed by atoms with Crippen LogP contribution in [0.1, 0.15) is 49.7 Å². The third kappa shape index (κ3) is 7.40. The maximum Gasteiger partial charge on any atom is 0.241 e. The molecular weight excluding hydrogens is 555 g/mol. The number of rotatable bonds is 10. The molecule has 2 aromatic carbocycles. The molecule has 0 aliphatic carbocycles. The van der Waals surface area contributed by atoms with Gasteiger partial charge in [-0.25, -0.2) is 12.8 Å². The van der Waals surface area contributed by atoms with Crippen molar-refractivity contribution < 1.29 is 22.3 Å². The Hall–Kier alpha value is -2.08. The van der Waals surface area contributed by atoms with Crippen LogP contribution in [-0.2, 0) is 26.0 Å². The van der Waals surface area contributed by atoms with E-state index in [9.17, 15) is 13.2 Å². The molecule has 4 N–H and O–H groups in total. The number of carbonyl (C=O) groups is 1. The van der Waals surface area contributed by atoms with Gasteiger partial charge in [-0.15, -0.1) is 0 Å². The monoisotopic (exact) mass is 594 g/mol. The molecule has 8 nitrogen and oxygen atoms in total. The highest BCUT2D eigenvalue weighted by Gasteiger charge is 2.37. The largest absolute Gasteiger partial charge is 0.381 e. The number of nitrogens with two attached hydrogens (primary N) is 1. The molecule has 1 amide bonds. The molecular formula is C29H40ClFN4O4S. The standard InChI is InChI=1S/C29H40ClFN4O4S/c1-3-22-17-33-18-23(35(22)40(2,37)38)11-12-24-25(31)5-4-6-26(24)34-29(36)28(32)27(20-13-15-39-16-14-20)19-7-9-21(30)10-8-19/h4-10,20,22-23,27-28,33H,3,11-18,32H2,1-2H3,(H,34,36)/t22-,23-,27?,28-/m0/s1. The fraction of sp³-hybridized carbons (Fsp3) is 0.552. The first kappa shape index (κ1) is 30.9. The zero-order chi connectivity index (χ0) is 28.9. The van der Waals surface area contributed by atoms with Crippen LogP contribution < -0.4 is 16.4 Å². The van der Waals surface area contributed by atoms with Crippen molar-refractivity contribution >= 4 is 33.2 Å². The molecule has 2 aliphatic rings. The number of hydrogen-bond donors (Lipinski definition) is 3. The van der Waals surface area contributed by atoms with Crippen molar-refractivity contribution in [1.82, 2.24) is 9.62 Å². The summed E-state index contributed by atoms with van der Waals surface area (Å²) in [5, 5.41) is 6.80. The molecule has 0 radical (unpaired) electrons. The zero-order valence-electron chi connectivity index (χ0n) is 23.1. The van der Waals surface area contributed by atoms with Gasteiger partial charge >= 0.3 is 0 Å². The minimum absolute atomic E-state index is 0.148. The number of amides is 1. The van der Waals surface area contributed by atoms with E-state index in [1.54, 1.807) is 28.6 Å². The lowest BCUT2D eigenvalue weighted by atomic mass is 9.76. The van der Waals surface area contributed by atoms with Gasteiger partial charge in [0.1, 0.15) is 5.82 Å². The molecule has 4 atom stereocenters. The van der Waals surface area contributed by atoms with Crippen LogP contribution in [0.4, 0.5) is 10.1 Å². The predicted octanol–water partition coefficient (Wildman–Crippen LogP) is 3.90. The van der Waals surface area contributed by atoms with Gasteiger partial charge < -0.3 is 21.1 Å². The molecule has 0 bridgehead atoms. The first-order chi connectivity index (χ1) is 19.1. The number of piperazine rings is 1. The van der Waals surface area contributed by atoms with Crippen LogP contribution in [0, 0.1) is 11.7 Å². The minimum atomic E-state index is -3.44. The summed E-state index contributed by atoms with van der Waals surface area (Å²) < 4.78 is 47.4. The van der Waals surface area contributed by atoms with Crippen molar-refractivity contribution in [3.05, 3.63) is 64.4 Å². The van der Waals surface area contributed by atoms with Crippen molar-refractivity contribution in [2.75, 3.05) is 37.9 Å². The van der Waals surface area contributed by atoms with E-state index in [4.69, 9.17) is 22.1 Å². The molecule has 4 rings (SSSR count). The third-order valence-electron chi connectivity index (χ3n) is 8.16. The number of benzene rings is 2. The Bertz CT molecular complexity index is 1260. The van der Waals surface area contributed by atoms with E-state index in [0.29, 0.717) is 55.4 Å². The van der Waals surface area contributed by atoms with E-state index in [0.717, 1.165) is 18.4 Å². The van der Waals surface area contributed by atoms with Crippen molar-refractivity contribution in [2.24, 2.45) is 11.7 Å². The van der Waals surface area contributed by atoms with Gasteiger partial charge in [-0.2, -0.15) is 4.31 Å². The molecule has 2 heterocycles. The Labute approximate surface area is 241 Å². The normalized spacial score (nSPS) is 22.5. The van der Waals surface area contributed by atoms with Crippen LogP contribution in [0.2, 0.25) is 5.02 Å². The molecule has 2 saturated heterocycles.